The molecule has 4 rings (SSSR count). The molecule has 0 bridgehead atoms. The van der Waals surface area contributed by atoms with Crippen LogP contribution in [0.2, 0.25) is 0 Å². The van der Waals surface area contributed by atoms with Gasteiger partial charge >= 0.3 is 0 Å². The van der Waals surface area contributed by atoms with Gasteiger partial charge in [0.05, 0.1) is 23.2 Å². The quantitative estimate of drug-likeness (QED) is 0.532. The molecule has 1 aromatic carbocycles. The van der Waals surface area contributed by atoms with Gasteiger partial charge in [0.15, 0.2) is 0 Å². The average Bonchev–Trinajstić information content (AvgIpc) is 2.95. The molecule has 7 heteroatoms. The van der Waals surface area contributed by atoms with Crippen LogP contribution in [0.5, 0.6) is 0 Å². The number of non-ortho nitro benzene ring substituents is 1. The fourth-order valence-electron chi connectivity index (χ4n) is 3.44. The first-order valence-corrected chi connectivity index (χ1v) is 9.07. The number of hydrogen-bond acceptors (Lipinski definition) is 5. The lowest BCUT2D eigenvalue weighted by Crippen LogP contribution is -2.22. The van der Waals surface area contributed by atoms with E-state index in [9.17, 15) is 14.9 Å². The number of rotatable bonds is 3. The summed E-state index contributed by atoms with van der Waals surface area (Å²) in [5.41, 5.74) is 1.85. The van der Waals surface area contributed by atoms with Gasteiger partial charge in [0.2, 0.25) is 0 Å². The van der Waals surface area contributed by atoms with Crippen molar-refractivity contribution in [3.8, 4) is 0 Å². The molecule has 0 fully saturated rings. The lowest BCUT2D eigenvalue weighted by molar-refractivity contribution is -0.384. The molecule has 128 valence electrons. The normalized spacial score (nSPS) is 16.8. The number of aryl methyl sites for hydroxylation is 1. The van der Waals surface area contributed by atoms with E-state index in [2.05, 4.69) is 11.9 Å². The van der Waals surface area contributed by atoms with Crippen molar-refractivity contribution < 1.29 is 4.92 Å². The summed E-state index contributed by atoms with van der Waals surface area (Å²) in [6.45, 7) is 2.52. The molecule has 6 nitrogen and oxygen atoms in total. The fraction of sp³-hybridized carbons (Fsp3) is 0.333. The second-order valence-corrected chi connectivity index (χ2v) is 7.72. The van der Waals surface area contributed by atoms with E-state index in [0.29, 0.717) is 5.92 Å². The summed E-state index contributed by atoms with van der Waals surface area (Å²) in [7, 11) is 0. The summed E-state index contributed by atoms with van der Waals surface area (Å²) >= 11 is 1.63. The zero-order valence-electron chi connectivity index (χ0n) is 13.8. The molecular weight excluding hydrogens is 338 g/mol. The Morgan fingerprint density at radius 3 is 3.08 bits per heavy atom. The summed E-state index contributed by atoms with van der Waals surface area (Å²) in [4.78, 5) is 30.0. The zero-order valence-corrected chi connectivity index (χ0v) is 14.6. The van der Waals surface area contributed by atoms with Crippen molar-refractivity contribution in [2.75, 3.05) is 0 Å². The van der Waals surface area contributed by atoms with Crippen molar-refractivity contribution in [1.82, 2.24) is 9.55 Å². The molecule has 0 saturated carbocycles. The molecule has 25 heavy (non-hydrogen) atoms. The highest BCUT2D eigenvalue weighted by Gasteiger charge is 2.23. The van der Waals surface area contributed by atoms with Crippen LogP contribution in [0, 0.1) is 16.0 Å². The van der Waals surface area contributed by atoms with E-state index >= 15 is 0 Å². The minimum absolute atomic E-state index is 0.0292. The third-order valence-corrected chi connectivity index (χ3v) is 5.92. The molecule has 3 aromatic rings. The summed E-state index contributed by atoms with van der Waals surface area (Å²) in [5.74, 6) is 0.646. The van der Waals surface area contributed by atoms with Crippen molar-refractivity contribution in [3.05, 3.63) is 67.1 Å². The Morgan fingerprint density at radius 1 is 1.44 bits per heavy atom. The summed E-state index contributed by atoms with van der Waals surface area (Å²) < 4.78 is 1.55. The Balaban J connectivity index is 1.76. The Morgan fingerprint density at radius 2 is 2.28 bits per heavy atom. The molecule has 0 aliphatic heterocycles. The Hall–Kier alpha value is -2.54. The van der Waals surface area contributed by atoms with Gasteiger partial charge in [-0.15, -0.1) is 11.3 Å². The van der Waals surface area contributed by atoms with Crippen LogP contribution in [0.1, 0.15) is 29.3 Å². The molecule has 0 radical (unpaired) electrons. The standard InChI is InChI=1S/C18H17N3O3S/c1-11-5-6-14-15(7-11)25-17-16(14)18(22)20(10-19-17)9-12-3-2-4-13(8-12)21(23)24/h2-4,8,10-11H,5-7,9H2,1H3/t11-/m0/s1. The van der Waals surface area contributed by atoms with E-state index < -0.39 is 4.92 Å². The first-order valence-electron chi connectivity index (χ1n) is 8.26. The van der Waals surface area contributed by atoms with Crippen molar-refractivity contribution >= 4 is 27.2 Å². The second-order valence-electron chi connectivity index (χ2n) is 6.64. The average molecular weight is 355 g/mol. The number of nitro groups is 1. The largest absolute Gasteiger partial charge is 0.294 e. The number of fused-ring (bicyclic) bond motifs is 3. The molecule has 2 aromatic heterocycles. The number of nitrogens with zero attached hydrogens (tertiary/aromatic N) is 3. The first kappa shape index (κ1) is 16.0. The number of aromatic nitrogens is 2. The van der Waals surface area contributed by atoms with Crippen molar-refractivity contribution in [3.63, 3.8) is 0 Å². The van der Waals surface area contributed by atoms with E-state index in [-0.39, 0.29) is 17.8 Å². The van der Waals surface area contributed by atoms with Gasteiger partial charge in [-0.1, -0.05) is 19.1 Å². The SMILES string of the molecule is C[C@H]1CCc2c(sc3ncn(Cc4cccc([N+](=O)[O-])c4)c(=O)c23)C1. The first-order chi connectivity index (χ1) is 12.0. The highest BCUT2D eigenvalue weighted by Crippen LogP contribution is 2.35. The fourth-order valence-corrected chi connectivity index (χ4v) is 4.78. The predicted molar refractivity (Wildman–Crippen MR) is 97.3 cm³/mol. The van der Waals surface area contributed by atoms with Crippen LogP contribution < -0.4 is 5.56 Å². The highest BCUT2D eigenvalue weighted by atomic mass is 32.1. The number of hydrogen-bond donors (Lipinski definition) is 0. The lowest BCUT2D eigenvalue weighted by atomic mass is 9.89. The van der Waals surface area contributed by atoms with Gasteiger partial charge < -0.3 is 0 Å². The van der Waals surface area contributed by atoms with Crippen LogP contribution in [0.4, 0.5) is 5.69 Å². The van der Waals surface area contributed by atoms with Gasteiger partial charge in [-0.25, -0.2) is 4.98 Å². The van der Waals surface area contributed by atoms with Gasteiger partial charge in [-0.3, -0.25) is 19.5 Å². The maximum absolute atomic E-state index is 13.0. The third-order valence-electron chi connectivity index (χ3n) is 4.76. The van der Waals surface area contributed by atoms with Crippen LogP contribution >= 0.6 is 11.3 Å². The highest BCUT2D eigenvalue weighted by molar-refractivity contribution is 7.18. The van der Waals surface area contributed by atoms with Crippen LogP contribution in [0.25, 0.3) is 10.2 Å². The second kappa shape index (κ2) is 6.07. The predicted octanol–water partition coefficient (Wildman–Crippen LogP) is 3.54. The molecule has 1 aliphatic rings. The van der Waals surface area contributed by atoms with Crippen LogP contribution in [-0.4, -0.2) is 14.5 Å². The van der Waals surface area contributed by atoms with Gasteiger partial charge in [0.1, 0.15) is 4.83 Å². The van der Waals surface area contributed by atoms with Crippen molar-refractivity contribution in [2.24, 2.45) is 5.92 Å². The van der Waals surface area contributed by atoms with E-state index in [4.69, 9.17) is 0 Å². The Kier molecular flexibility index (Phi) is 3.88. The van der Waals surface area contributed by atoms with E-state index in [1.807, 2.05) is 0 Å². The van der Waals surface area contributed by atoms with Gasteiger partial charge in [0, 0.05) is 17.0 Å². The number of benzene rings is 1. The molecule has 1 atom stereocenters. The maximum atomic E-state index is 13.0. The van der Waals surface area contributed by atoms with Crippen LogP contribution in [-0.2, 0) is 19.4 Å². The Bertz CT molecular complexity index is 1040. The molecule has 0 saturated heterocycles. The molecular formula is C18H17N3O3S. The summed E-state index contributed by atoms with van der Waals surface area (Å²) in [6.07, 6.45) is 4.59. The van der Waals surface area contributed by atoms with Gasteiger partial charge in [0.25, 0.3) is 11.2 Å². The topological polar surface area (TPSA) is 78.0 Å². The minimum Gasteiger partial charge on any atom is -0.294 e. The minimum atomic E-state index is -0.426. The molecule has 0 amide bonds. The van der Waals surface area contributed by atoms with Crippen LogP contribution in [0.15, 0.2) is 35.4 Å². The smallest absolute Gasteiger partial charge is 0.269 e. The monoisotopic (exact) mass is 355 g/mol. The molecule has 2 heterocycles. The molecule has 1 aliphatic carbocycles. The van der Waals surface area contributed by atoms with E-state index in [1.54, 1.807) is 34.4 Å². The third kappa shape index (κ3) is 2.84. The van der Waals surface area contributed by atoms with Crippen molar-refractivity contribution in [2.45, 2.75) is 32.7 Å². The van der Waals surface area contributed by atoms with Gasteiger partial charge in [-0.05, 0) is 36.3 Å². The van der Waals surface area contributed by atoms with Gasteiger partial charge in [-0.2, -0.15) is 0 Å². The molecule has 0 spiro atoms. The summed E-state index contributed by atoms with van der Waals surface area (Å²) in [5, 5.41) is 11.7. The van der Waals surface area contributed by atoms with Crippen LogP contribution in [0.3, 0.4) is 0 Å². The Labute approximate surface area is 147 Å². The lowest BCUT2D eigenvalue weighted by Gasteiger charge is -2.17. The number of nitro benzene ring substituents is 1. The zero-order chi connectivity index (χ0) is 17.6. The number of thiophene rings is 1. The summed E-state index contributed by atoms with van der Waals surface area (Å²) in [6, 6.07) is 6.37. The maximum Gasteiger partial charge on any atom is 0.269 e. The van der Waals surface area contributed by atoms with E-state index in [1.165, 1.54) is 17.0 Å². The molecule has 0 N–H and O–H groups in total. The van der Waals surface area contributed by atoms with E-state index in [0.717, 1.165) is 40.6 Å². The molecule has 0 unspecified atom stereocenters. The van der Waals surface area contributed by atoms with Crippen molar-refractivity contribution in [1.29, 1.82) is 0 Å².